The number of nitrogens with zero attached hydrogens (tertiary/aromatic N) is 3. The van der Waals surface area contributed by atoms with E-state index in [2.05, 4.69) is 15.0 Å². The first-order valence-corrected chi connectivity index (χ1v) is 5.23. The normalized spacial score (nSPS) is 26.5. The fraction of sp³-hybridized carbons (Fsp3) is 0.700. The van der Waals surface area contributed by atoms with Crippen molar-refractivity contribution in [1.29, 1.82) is 0 Å². The minimum absolute atomic E-state index is 0.271. The molecule has 2 rings (SSSR count). The van der Waals surface area contributed by atoms with Gasteiger partial charge in [-0.05, 0) is 33.1 Å². The molecule has 1 aromatic rings. The Morgan fingerprint density at radius 2 is 2.07 bits per heavy atom. The van der Waals surface area contributed by atoms with Crippen LogP contribution in [0.4, 0.5) is 5.95 Å². The minimum atomic E-state index is -0.389. The van der Waals surface area contributed by atoms with Gasteiger partial charge in [0, 0.05) is 6.61 Å². The van der Waals surface area contributed by atoms with Crippen LogP contribution in [-0.4, -0.2) is 21.6 Å². The van der Waals surface area contributed by atoms with E-state index in [4.69, 9.17) is 10.5 Å². The molecule has 82 valence electrons. The minimum Gasteiger partial charge on any atom is -0.368 e. The van der Waals surface area contributed by atoms with Crippen molar-refractivity contribution in [2.45, 2.75) is 38.7 Å². The van der Waals surface area contributed by atoms with E-state index in [0.29, 0.717) is 11.6 Å². The second-order valence-corrected chi connectivity index (χ2v) is 4.10. The number of ether oxygens (including phenoxy) is 1. The molecule has 15 heavy (non-hydrogen) atoms. The van der Waals surface area contributed by atoms with Gasteiger partial charge in [-0.25, -0.2) is 4.98 Å². The Morgan fingerprint density at radius 3 is 2.67 bits per heavy atom. The summed E-state index contributed by atoms with van der Waals surface area (Å²) >= 11 is 0. The molecule has 0 aliphatic carbocycles. The molecule has 5 heteroatoms. The number of rotatable bonds is 1. The summed E-state index contributed by atoms with van der Waals surface area (Å²) < 4.78 is 5.75. The van der Waals surface area contributed by atoms with E-state index in [9.17, 15) is 0 Å². The second kappa shape index (κ2) is 3.73. The third-order valence-corrected chi connectivity index (χ3v) is 2.71. The third-order valence-electron chi connectivity index (χ3n) is 2.71. The first kappa shape index (κ1) is 10.3. The second-order valence-electron chi connectivity index (χ2n) is 4.10. The monoisotopic (exact) mass is 208 g/mol. The van der Waals surface area contributed by atoms with Gasteiger partial charge in [-0.3, -0.25) is 0 Å². The molecule has 2 N–H and O–H groups in total. The van der Waals surface area contributed by atoms with Crippen LogP contribution >= 0.6 is 0 Å². The molecule has 0 bridgehead atoms. The largest absolute Gasteiger partial charge is 0.368 e. The lowest BCUT2D eigenvalue weighted by molar-refractivity contribution is -0.0761. The van der Waals surface area contributed by atoms with Crippen LogP contribution in [0.5, 0.6) is 0 Å². The molecular formula is C10H16N4O. The lowest BCUT2D eigenvalue weighted by Gasteiger charge is -2.32. The Bertz CT molecular complexity index is 340. The summed E-state index contributed by atoms with van der Waals surface area (Å²) in [6.07, 6.45) is 3.19. The standard InChI is InChI=1S/C10H16N4O/c1-7-12-8(14-9(11)13-7)10(2)5-3-4-6-15-10/h3-6H2,1-2H3,(H2,11,12,13,14). The third kappa shape index (κ3) is 2.07. The highest BCUT2D eigenvalue weighted by Gasteiger charge is 2.33. The summed E-state index contributed by atoms with van der Waals surface area (Å²) in [5.41, 5.74) is 5.22. The molecule has 0 radical (unpaired) electrons. The van der Waals surface area contributed by atoms with Crippen LogP contribution in [0.3, 0.4) is 0 Å². The lowest BCUT2D eigenvalue weighted by atomic mass is 9.95. The first-order chi connectivity index (χ1) is 7.10. The Morgan fingerprint density at radius 1 is 1.27 bits per heavy atom. The van der Waals surface area contributed by atoms with Gasteiger partial charge in [0.1, 0.15) is 11.4 Å². The summed E-state index contributed by atoms with van der Waals surface area (Å²) in [5, 5.41) is 0. The predicted molar refractivity (Wildman–Crippen MR) is 56.1 cm³/mol. The predicted octanol–water partition coefficient (Wildman–Crippen LogP) is 1.18. The van der Waals surface area contributed by atoms with Crippen LogP contribution in [0, 0.1) is 6.92 Å². The molecule has 0 spiro atoms. The Labute approximate surface area is 89.1 Å². The Hall–Kier alpha value is -1.23. The zero-order valence-electron chi connectivity index (χ0n) is 9.16. The van der Waals surface area contributed by atoms with Crippen LogP contribution in [0.15, 0.2) is 0 Å². The zero-order valence-corrected chi connectivity index (χ0v) is 9.16. The fourth-order valence-electron chi connectivity index (χ4n) is 1.85. The molecule has 5 nitrogen and oxygen atoms in total. The first-order valence-electron chi connectivity index (χ1n) is 5.23. The highest BCUT2D eigenvalue weighted by molar-refractivity contribution is 5.18. The van der Waals surface area contributed by atoms with Gasteiger partial charge in [0.25, 0.3) is 0 Å². The quantitative estimate of drug-likeness (QED) is 0.750. The van der Waals surface area contributed by atoms with Crippen molar-refractivity contribution in [2.75, 3.05) is 12.3 Å². The maximum absolute atomic E-state index is 5.75. The summed E-state index contributed by atoms with van der Waals surface area (Å²) in [4.78, 5) is 12.4. The molecular weight excluding hydrogens is 192 g/mol. The number of nitrogens with two attached hydrogens (primary N) is 1. The maximum Gasteiger partial charge on any atom is 0.223 e. The highest BCUT2D eigenvalue weighted by atomic mass is 16.5. The number of hydrogen-bond donors (Lipinski definition) is 1. The van der Waals surface area contributed by atoms with Crippen molar-refractivity contribution in [1.82, 2.24) is 15.0 Å². The average Bonchev–Trinajstić information content (AvgIpc) is 2.17. The van der Waals surface area contributed by atoms with Gasteiger partial charge in [-0.1, -0.05) is 0 Å². The van der Waals surface area contributed by atoms with Gasteiger partial charge in [-0.2, -0.15) is 9.97 Å². The molecule has 1 saturated heterocycles. The number of hydrogen-bond acceptors (Lipinski definition) is 5. The number of aryl methyl sites for hydroxylation is 1. The van der Waals surface area contributed by atoms with E-state index in [-0.39, 0.29) is 11.5 Å². The van der Waals surface area contributed by atoms with Gasteiger partial charge in [0.15, 0.2) is 5.82 Å². The molecule has 0 saturated carbocycles. The van der Waals surface area contributed by atoms with E-state index in [1.165, 1.54) is 0 Å². The van der Waals surface area contributed by atoms with E-state index in [1.807, 2.05) is 13.8 Å². The van der Waals surface area contributed by atoms with Crippen LogP contribution in [0.2, 0.25) is 0 Å². The van der Waals surface area contributed by atoms with Crippen molar-refractivity contribution in [2.24, 2.45) is 0 Å². The average molecular weight is 208 g/mol. The Balaban J connectivity index is 2.34. The van der Waals surface area contributed by atoms with Crippen molar-refractivity contribution in [3.63, 3.8) is 0 Å². The Kier molecular flexibility index (Phi) is 2.56. The molecule has 2 heterocycles. The highest BCUT2D eigenvalue weighted by Crippen LogP contribution is 2.32. The molecule has 1 atom stereocenters. The molecule has 0 aromatic carbocycles. The van der Waals surface area contributed by atoms with Gasteiger partial charge >= 0.3 is 0 Å². The topological polar surface area (TPSA) is 73.9 Å². The van der Waals surface area contributed by atoms with Crippen molar-refractivity contribution in [3.05, 3.63) is 11.6 Å². The van der Waals surface area contributed by atoms with E-state index in [1.54, 1.807) is 0 Å². The molecule has 1 aliphatic heterocycles. The van der Waals surface area contributed by atoms with Crippen LogP contribution in [0.1, 0.15) is 37.8 Å². The number of anilines is 1. The summed E-state index contributed by atoms with van der Waals surface area (Å²) in [6.45, 7) is 4.59. The molecule has 1 aromatic heterocycles. The summed E-state index contributed by atoms with van der Waals surface area (Å²) in [7, 11) is 0. The summed E-state index contributed by atoms with van der Waals surface area (Å²) in [6, 6.07) is 0. The number of aromatic nitrogens is 3. The lowest BCUT2D eigenvalue weighted by Crippen LogP contribution is -2.33. The van der Waals surface area contributed by atoms with Crippen LogP contribution in [-0.2, 0) is 10.3 Å². The molecule has 1 aliphatic rings. The van der Waals surface area contributed by atoms with E-state index in [0.717, 1.165) is 25.9 Å². The molecule has 1 fully saturated rings. The van der Waals surface area contributed by atoms with Crippen LogP contribution in [0.25, 0.3) is 0 Å². The van der Waals surface area contributed by atoms with Gasteiger partial charge in [-0.15, -0.1) is 0 Å². The maximum atomic E-state index is 5.75. The number of nitrogen functional groups attached to an aromatic ring is 1. The van der Waals surface area contributed by atoms with Gasteiger partial charge in [0.2, 0.25) is 5.95 Å². The van der Waals surface area contributed by atoms with Crippen molar-refractivity contribution in [3.8, 4) is 0 Å². The molecule has 0 amide bonds. The van der Waals surface area contributed by atoms with E-state index >= 15 is 0 Å². The van der Waals surface area contributed by atoms with Gasteiger partial charge in [0.05, 0.1) is 0 Å². The molecule has 1 unspecified atom stereocenters. The fourth-order valence-corrected chi connectivity index (χ4v) is 1.85. The smallest absolute Gasteiger partial charge is 0.223 e. The van der Waals surface area contributed by atoms with E-state index < -0.39 is 0 Å². The zero-order chi connectivity index (χ0) is 10.9. The summed E-state index contributed by atoms with van der Waals surface area (Å²) in [5.74, 6) is 1.58. The van der Waals surface area contributed by atoms with Crippen LogP contribution < -0.4 is 5.73 Å². The van der Waals surface area contributed by atoms with Crippen molar-refractivity contribution < 1.29 is 4.74 Å². The SMILES string of the molecule is Cc1nc(N)nc(C2(C)CCCCO2)n1. The van der Waals surface area contributed by atoms with Crippen molar-refractivity contribution >= 4 is 5.95 Å². The van der Waals surface area contributed by atoms with Gasteiger partial charge < -0.3 is 10.5 Å².